The number of carbonyl (C=O) groups is 1. The third kappa shape index (κ3) is 2.57. The number of nitrogens with one attached hydrogen (secondary N) is 1. The molecule has 0 radical (unpaired) electrons. The van der Waals surface area contributed by atoms with Gasteiger partial charge in [0.1, 0.15) is 18.8 Å². The van der Waals surface area contributed by atoms with Crippen molar-refractivity contribution in [3.05, 3.63) is 48.0 Å². The predicted octanol–water partition coefficient (Wildman–Crippen LogP) is 1.54. The molecule has 19 heavy (non-hydrogen) atoms. The molecule has 1 fully saturated rings. The van der Waals surface area contributed by atoms with Gasteiger partial charge in [0, 0.05) is 13.1 Å². The normalized spacial score (nSPS) is 15.1. The molecule has 0 bridgehead atoms. The molecule has 1 aliphatic rings. The summed E-state index contributed by atoms with van der Waals surface area (Å²) in [6.45, 7) is 1.56. The molecule has 0 unspecified atom stereocenters. The first kappa shape index (κ1) is 11.7. The van der Waals surface area contributed by atoms with E-state index in [1.165, 1.54) is 6.33 Å². The average molecular weight is 258 g/mol. The van der Waals surface area contributed by atoms with Crippen molar-refractivity contribution in [2.45, 2.75) is 12.5 Å². The zero-order valence-corrected chi connectivity index (χ0v) is 10.3. The number of carbonyl (C=O) groups excluding carboxylic acids is 1. The van der Waals surface area contributed by atoms with Gasteiger partial charge >= 0.3 is 6.09 Å². The molecule has 6 nitrogen and oxygen atoms in total. The Morgan fingerprint density at radius 1 is 1.37 bits per heavy atom. The van der Waals surface area contributed by atoms with E-state index in [2.05, 4.69) is 15.2 Å². The molecule has 3 rings (SSSR count). The maximum absolute atomic E-state index is 11.8. The van der Waals surface area contributed by atoms with Crippen LogP contribution in [0.25, 0.3) is 0 Å². The van der Waals surface area contributed by atoms with Crippen LogP contribution < -0.4 is 0 Å². The smallest absolute Gasteiger partial charge is 0.410 e. The molecule has 0 saturated carbocycles. The Kier molecular flexibility index (Phi) is 3.14. The van der Waals surface area contributed by atoms with Gasteiger partial charge in [0.25, 0.3) is 0 Å². The SMILES string of the molecule is O=C(OCc1ccccc1)N1CC(c2ncn[nH]2)C1. The lowest BCUT2D eigenvalue weighted by molar-refractivity contribution is 0.0651. The van der Waals surface area contributed by atoms with Gasteiger partial charge in [-0.3, -0.25) is 5.10 Å². The molecule has 1 aromatic carbocycles. The summed E-state index contributed by atoms with van der Waals surface area (Å²) in [6.07, 6.45) is 1.20. The van der Waals surface area contributed by atoms with Crippen LogP contribution in [0.3, 0.4) is 0 Å². The van der Waals surface area contributed by atoms with Crippen LogP contribution in [0.2, 0.25) is 0 Å². The van der Waals surface area contributed by atoms with Gasteiger partial charge < -0.3 is 9.64 Å². The fraction of sp³-hybridized carbons (Fsp3) is 0.308. The number of ether oxygens (including phenoxy) is 1. The van der Waals surface area contributed by atoms with Gasteiger partial charge in [-0.2, -0.15) is 5.10 Å². The Morgan fingerprint density at radius 2 is 2.16 bits per heavy atom. The lowest BCUT2D eigenvalue weighted by Crippen LogP contribution is -2.49. The highest BCUT2D eigenvalue weighted by Gasteiger charge is 2.34. The quantitative estimate of drug-likeness (QED) is 0.906. The van der Waals surface area contributed by atoms with E-state index in [-0.39, 0.29) is 12.0 Å². The topological polar surface area (TPSA) is 71.1 Å². The number of H-pyrrole nitrogens is 1. The Hall–Kier alpha value is -2.37. The highest BCUT2D eigenvalue weighted by atomic mass is 16.6. The summed E-state index contributed by atoms with van der Waals surface area (Å²) in [5, 5.41) is 6.62. The predicted molar refractivity (Wildman–Crippen MR) is 67.3 cm³/mol. The van der Waals surface area contributed by atoms with E-state index in [0.29, 0.717) is 19.7 Å². The van der Waals surface area contributed by atoms with Crippen molar-refractivity contribution in [1.29, 1.82) is 0 Å². The maximum Gasteiger partial charge on any atom is 0.410 e. The first-order valence-electron chi connectivity index (χ1n) is 6.14. The van der Waals surface area contributed by atoms with Crippen LogP contribution in [0, 0.1) is 0 Å². The van der Waals surface area contributed by atoms with Crippen LogP contribution in [0.4, 0.5) is 4.79 Å². The third-order valence-corrected chi connectivity index (χ3v) is 3.17. The van der Waals surface area contributed by atoms with Crippen LogP contribution >= 0.6 is 0 Å². The standard InChI is InChI=1S/C13H14N4O2/c18-13(19-8-10-4-2-1-3-5-10)17-6-11(7-17)12-14-9-15-16-12/h1-5,9,11H,6-8H2,(H,14,15,16). The van der Waals surface area contributed by atoms with Gasteiger partial charge in [-0.1, -0.05) is 30.3 Å². The number of hydrogen-bond acceptors (Lipinski definition) is 4. The largest absolute Gasteiger partial charge is 0.445 e. The van der Waals surface area contributed by atoms with Gasteiger partial charge in [0.15, 0.2) is 0 Å². The molecular weight excluding hydrogens is 244 g/mol. The molecule has 98 valence electrons. The number of nitrogens with zero attached hydrogens (tertiary/aromatic N) is 3. The summed E-state index contributed by atoms with van der Waals surface area (Å²) in [6, 6.07) is 9.64. The van der Waals surface area contributed by atoms with Gasteiger partial charge in [0.2, 0.25) is 0 Å². The van der Waals surface area contributed by atoms with Crippen molar-refractivity contribution in [3.8, 4) is 0 Å². The highest BCUT2D eigenvalue weighted by molar-refractivity contribution is 5.69. The fourth-order valence-corrected chi connectivity index (χ4v) is 2.02. The van der Waals surface area contributed by atoms with E-state index >= 15 is 0 Å². The number of amides is 1. The molecule has 6 heteroatoms. The zero-order valence-electron chi connectivity index (χ0n) is 10.3. The summed E-state index contributed by atoms with van der Waals surface area (Å²) < 4.78 is 5.24. The zero-order chi connectivity index (χ0) is 13.1. The molecule has 0 atom stereocenters. The Labute approximate surface area is 110 Å². The summed E-state index contributed by atoms with van der Waals surface area (Å²) in [5.41, 5.74) is 0.989. The molecule has 1 N–H and O–H groups in total. The second-order valence-electron chi connectivity index (χ2n) is 4.51. The number of rotatable bonds is 3. The number of benzene rings is 1. The third-order valence-electron chi connectivity index (χ3n) is 3.17. The van der Waals surface area contributed by atoms with Crippen molar-refractivity contribution < 1.29 is 9.53 Å². The number of hydrogen-bond donors (Lipinski definition) is 1. The molecule has 2 heterocycles. The van der Waals surface area contributed by atoms with Crippen molar-refractivity contribution in [2.75, 3.05) is 13.1 Å². The number of aromatic amines is 1. The molecule has 1 amide bonds. The van der Waals surface area contributed by atoms with Crippen LogP contribution in [0.1, 0.15) is 17.3 Å². The molecule has 0 spiro atoms. The maximum atomic E-state index is 11.8. The summed E-state index contributed by atoms with van der Waals surface area (Å²) in [4.78, 5) is 17.5. The first-order chi connectivity index (χ1) is 9.33. The second-order valence-corrected chi connectivity index (χ2v) is 4.51. The van der Waals surface area contributed by atoms with E-state index in [9.17, 15) is 4.79 Å². The van der Waals surface area contributed by atoms with Crippen molar-refractivity contribution >= 4 is 6.09 Å². The minimum absolute atomic E-state index is 0.242. The summed E-state index contributed by atoms with van der Waals surface area (Å²) in [7, 11) is 0. The van der Waals surface area contributed by atoms with Crippen molar-refractivity contribution in [2.24, 2.45) is 0 Å². The first-order valence-corrected chi connectivity index (χ1v) is 6.14. The van der Waals surface area contributed by atoms with Gasteiger partial charge in [-0.05, 0) is 5.56 Å². The minimum atomic E-state index is -0.278. The monoisotopic (exact) mass is 258 g/mol. The minimum Gasteiger partial charge on any atom is -0.445 e. The Balaban J connectivity index is 1.46. The summed E-state index contributed by atoms with van der Waals surface area (Å²) in [5.74, 6) is 1.07. The Bertz CT molecular complexity index is 535. The molecule has 1 aliphatic heterocycles. The van der Waals surface area contributed by atoms with Gasteiger partial charge in [-0.25, -0.2) is 9.78 Å². The molecular formula is C13H14N4O2. The van der Waals surface area contributed by atoms with E-state index in [1.807, 2.05) is 30.3 Å². The van der Waals surface area contributed by atoms with Crippen LogP contribution in [0.15, 0.2) is 36.7 Å². The number of likely N-dealkylation sites (tertiary alicyclic amines) is 1. The summed E-state index contributed by atoms with van der Waals surface area (Å²) >= 11 is 0. The molecule has 0 aliphatic carbocycles. The van der Waals surface area contributed by atoms with E-state index in [0.717, 1.165) is 11.4 Å². The average Bonchev–Trinajstić information content (AvgIpc) is 2.90. The van der Waals surface area contributed by atoms with Crippen molar-refractivity contribution in [1.82, 2.24) is 20.1 Å². The molecule has 2 aromatic rings. The lowest BCUT2D eigenvalue weighted by atomic mass is 10.0. The molecule has 1 aromatic heterocycles. The van der Waals surface area contributed by atoms with Crippen LogP contribution in [-0.4, -0.2) is 39.3 Å². The fourth-order valence-electron chi connectivity index (χ4n) is 2.02. The van der Waals surface area contributed by atoms with Crippen LogP contribution in [0.5, 0.6) is 0 Å². The number of aromatic nitrogens is 3. The van der Waals surface area contributed by atoms with E-state index in [1.54, 1.807) is 4.90 Å². The second kappa shape index (κ2) is 5.09. The van der Waals surface area contributed by atoms with Crippen molar-refractivity contribution in [3.63, 3.8) is 0 Å². The van der Waals surface area contributed by atoms with Crippen LogP contribution in [-0.2, 0) is 11.3 Å². The Morgan fingerprint density at radius 3 is 2.84 bits per heavy atom. The van der Waals surface area contributed by atoms with Gasteiger partial charge in [-0.15, -0.1) is 0 Å². The lowest BCUT2D eigenvalue weighted by Gasteiger charge is -2.36. The van der Waals surface area contributed by atoms with Gasteiger partial charge in [0.05, 0.1) is 5.92 Å². The molecule has 1 saturated heterocycles. The van der Waals surface area contributed by atoms with E-state index in [4.69, 9.17) is 4.74 Å². The highest BCUT2D eigenvalue weighted by Crippen LogP contribution is 2.24. The van der Waals surface area contributed by atoms with E-state index < -0.39 is 0 Å².